The van der Waals surface area contributed by atoms with Crippen molar-refractivity contribution in [2.24, 2.45) is 0 Å². The third-order valence-electron chi connectivity index (χ3n) is 3.43. The van der Waals surface area contributed by atoms with Gasteiger partial charge in [-0.15, -0.1) is 0 Å². The second-order valence-electron chi connectivity index (χ2n) is 4.95. The highest BCUT2D eigenvalue weighted by molar-refractivity contribution is 7.89. The summed E-state index contributed by atoms with van der Waals surface area (Å²) in [5, 5.41) is 4.00. The number of sulfonamides is 1. The quantitative estimate of drug-likeness (QED) is 0.757. The molecule has 0 saturated heterocycles. The Hall–Kier alpha value is -2.02. The molecule has 118 valence electrons. The molecule has 0 fully saturated rings. The van der Waals surface area contributed by atoms with Crippen LogP contribution in [0.1, 0.15) is 5.56 Å². The highest BCUT2D eigenvalue weighted by Crippen LogP contribution is 2.26. The largest absolute Gasteiger partial charge is 0.240 e. The smallest absolute Gasteiger partial charge is 0.207 e. The van der Waals surface area contributed by atoms with E-state index in [-0.39, 0.29) is 11.4 Å². The molecule has 0 amide bonds. The first-order valence-corrected chi connectivity index (χ1v) is 9.34. The van der Waals surface area contributed by atoms with E-state index in [2.05, 4.69) is 4.72 Å². The molecule has 1 aromatic heterocycles. The molecule has 23 heavy (non-hydrogen) atoms. The summed E-state index contributed by atoms with van der Waals surface area (Å²) in [6.07, 6.45) is 0. The van der Waals surface area contributed by atoms with E-state index in [4.69, 9.17) is 0 Å². The first-order chi connectivity index (χ1) is 11.1. The molecule has 6 heteroatoms. The van der Waals surface area contributed by atoms with E-state index in [0.717, 1.165) is 28.8 Å². The van der Waals surface area contributed by atoms with Crippen molar-refractivity contribution < 1.29 is 12.8 Å². The van der Waals surface area contributed by atoms with Crippen molar-refractivity contribution in [2.45, 2.75) is 11.4 Å². The van der Waals surface area contributed by atoms with Crippen molar-refractivity contribution >= 4 is 21.4 Å². The highest BCUT2D eigenvalue weighted by Gasteiger charge is 2.15. The summed E-state index contributed by atoms with van der Waals surface area (Å²) in [6, 6.07) is 14.4. The maximum atomic E-state index is 12.9. The summed E-state index contributed by atoms with van der Waals surface area (Å²) >= 11 is 1.59. The molecule has 3 nitrogen and oxygen atoms in total. The standard InChI is InChI=1S/C17H14FNO2S2/c18-15-5-7-16(8-6-15)23(20,21)19-11-13-3-1-2-4-17(13)14-9-10-22-12-14/h1-10,12,19H,11H2. The molecule has 1 heterocycles. The Morgan fingerprint density at radius 2 is 1.74 bits per heavy atom. The predicted octanol–water partition coefficient (Wildman–Crippen LogP) is 4.03. The number of hydrogen-bond acceptors (Lipinski definition) is 3. The van der Waals surface area contributed by atoms with Crippen LogP contribution in [0.25, 0.3) is 11.1 Å². The van der Waals surface area contributed by atoms with Gasteiger partial charge in [0.2, 0.25) is 10.0 Å². The molecular weight excluding hydrogens is 333 g/mol. The zero-order chi connectivity index (χ0) is 16.3. The van der Waals surface area contributed by atoms with Crippen LogP contribution in [-0.4, -0.2) is 8.42 Å². The monoisotopic (exact) mass is 347 g/mol. The van der Waals surface area contributed by atoms with Gasteiger partial charge < -0.3 is 0 Å². The Bertz CT molecular complexity index is 889. The Balaban J connectivity index is 1.82. The predicted molar refractivity (Wildman–Crippen MR) is 90.2 cm³/mol. The minimum Gasteiger partial charge on any atom is -0.207 e. The second kappa shape index (κ2) is 6.62. The zero-order valence-corrected chi connectivity index (χ0v) is 13.7. The minimum absolute atomic E-state index is 0.0481. The second-order valence-corrected chi connectivity index (χ2v) is 7.49. The average Bonchev–Trinajstić information content (AvgIpc) is 3.08. The molecule has 0 aliphatic carbocycles. The third kappa shape index (κ3) is 3.67. The van der Waals surface area contributed by atoms with E-state index < -0.39 is 15.8 Å². The summed E-state index contributed by atoms with van der Waals surface area (Å²) in [4.78, 5) is 0.0481. The summed E-state index contributed by atoms with van der Waals surface area (Å²) in [6.45, 7) is 0.172. The molecule has 3 rings (SSSR count). The number of nitrogens with one attached hydrogen (secondary N) is 1. The van der Waals surface area contributed by atoms with Crippen molar-refractivity contribution in [2.75, 3.05) is 0 Å². The van der Waals surface area contributed by atoms with E-state index in [1.807, 2.05) is 41.1 Å². The highest BCUT2D eigenvalue weighted by atomic mass is 32.2. The lowest BCUT2D eigenvalue weighted by molar-refractivity contribution is 0.580. The van der Waals surface area contributed by atoms with Crippen LogP contribution in [0.3, 0.4) is 0 Å². The SMILES string of the molecule is O=S(=O)(NCc1ccccc1-c1ccsc1)c1ccc(F)cc1. The van der Waals surface area contributed by atoms with Crippen LogP contribution in [0.15, 0.2) is 70.3 Å². The van der Waals surface area contributed by atoms with Gasteiger partial charge in [-0.05, 0) is 57.8 Å². The lowest BCUT2D eigenvalue weighted by Gasteiger charge is -2.10. The van der Waals surface area contributed by atoms with Crippen molar-refractivity contribution in [3.63, 3.8) is 0 Å². The van der Waals surface area contributed by atoms with Gasteiger partial charge in [-0.1, -0.05) is 24.3 Å². The normalized spacial score (nSPS) is 11.5. The Morgan fingerprint density at radius 3 is 2.43 bits per heavy atom. The van der Waals surface area contributed by atoms with Crippen LogP contribution >= 0.6 is 11.3 Å². The molecular formula is C17H14FNO2S2. The number of hydrogen-bond donors (Lipinski definition) is 1. The average molecular weight is 347 g/mol. The van der Waals surface area contributed by atoms with Crippen molar-refractivity contribution in [1.82, 2.24) is 4.72 Å². The fourth-order valence-corrected chi connectivity index (χ4v) is 3.91. The fraction of sp³-hybridized carbons (Fsp3) is 0.0588. The molecule has 0 aliphatic rings. The Labute approximate surface area is 138 Å². The summed E-state index contributed by atoms with van der Waals surface area (Å²) in [7, 11) is -3.67. The molecule has 0 bridgehead atoms. The molecule has 2 aromatic carbocycles. The van der Waals surface area contributed by atoms with E-state index in [1.54, 1.807) is 11.3 Å². The van der Waals surface area contributed by atoms with E-state index in [9.17, 15) is 12.8 Å². The van der Waals surface area contributed by atoms with Crippen LogP contribution in [0.5, 0.6) is 0 Å². The van der Waals surface area contributed by atoms with Crippen LogP contribution < -0.4 is 4.72 Å². The Kier molecular flexibility index (Phi) is 4.56. The van der Waals surface area contributed by atoms with Gasteiger partial charge in [0.25, 0.3) is 0 Å². The summed E-state index contributed by atoms with van der Waals surface area (Å²) in [5.41, 5.74) is 2.94. The van der Waals surface area contributed by atoms with Gasteiger partial charge in [-0.2, -0.15) is 11.3 Å². The lowest BCUT2D eigenvalue weighted by atomic mass is 10.0. The van der Waals surface area contributed by atoms with Gasteiger partial charge in [-0.3, -0.25) is 0 Å². The number of rotatable bonds is 5. The van der Waals surface area contributed by atoms with Gasteiger partial charge in [0.05, 0.1) is 4.90 Å². The summed E-state index contributed by atoms with van der Waals surface area (Å²) in [5.74, 6) is -0.466. The van der Waals surface area contributed by atoms with Crippen molar-refractivity contribution in [3.8, 4) is 11.1 Å². The number of halogens is 1. The lowest BCUT2D eigenvalue weighted by Crippen LogP contribution is -2.23. The van der Waals surface area contributed by atoms with Gasteiger partial charge >= 0.3 is 0 Å². The van der Waals surface area contributed by atoms with Crippen molar-refractivity contribution in [1.29, 1.82) is 0 Å². The molecule has 0 saturated carbocycles. The third-order valence-corrected chi connectivity index (χ3v) is 5.53. The molecule has 0 atom stereocenters. The number of benzene rings is 2. The van der Waals surface area contributed by atoms with Gasteiger partial charge in [-0.25, -0.2) is 17.5 Å². The first-order valence-electron chi connectivity index (χ1n) is 6.92. The van der Waals surface area contributed by atoms with E-state index in [0.29, 0.717) is 0 Å². The molecule has 0 aliphatic heterocycles. The molecule has 0 spiro atoms. The maximum Gasteiger partial charge on any atom is 0.240 e. The zero-order valence-electron chi connectivity index (χ0n) is 12.1. The van der Waals surface area contributed by atoms with Gasteiger partial charge in [0, 0.05) is 6.54 Å². The minimum atomic E-state index is -3.67. The van der Waals surface area contributed by atoms with E-state index >= 15 is 0 Å². The molecule has 3 aromatic rings. The van der Waals surface area contributed by atoms with Gasteiger partial charge in [0.1, 0.15) is 5.82 Å². The van der Waals surface area contributed by atoms with Crippen LogP contribution in [0.4, 0.5) is 4.39 Å². The van der Waals surface area contributed by atoms with E-state index in [1.165, 1.54) is 12.1 Å². The van der Waals surface area contributed by atoms with Gasteiger partial charge in [0.15, 0.2) is 0 Å². The first kappa shape index (κ1) is 15.9. The molecule has 1 N–H and O–H groups in total. The number of thiophene rings is 1. The Morgan fingerprint density at radius 1 is 1.00 bits per heavy atom. The molecule has 0 unspecified atom stereocenters. The van der Waals surface area contributed by atoms with Crippen LogP contribution in [0.2, 0.25) is 0 Å². The summed E-state index contributed by atoms with van der Waals surface area (Å²) < 4.78 is 40.1. The van der Waals surface area contributed by atoms with Crippen LogP contribution in [-0.2, 0) is 16.6 Å². The topological polar surface area (TPSA) is 46.2 Å². The molecule has 0 radical (unpaired) electrons. The fourth-order valence-electron chi connectivity index (χ4n) is 2.24. The maximum absolute atomic E-state index is 12.9. The van der Waals surface area contributed by atoms with Crippen molar-refractivity contribution in [3.05, 3.63) is 76.7 Å². The van der Waals surface area contributed by atoms with Crippen LogP contribution in [0, 0.1) is 5.82 Å².